The second-order valence-electron chi connectivity index (χ2n) is 6.97. The second-order valence-corrected chi connectivity index (χ2v) is 6.97. The van der Waals surface area contributed by atoms with Gasteiger partial charge in [-0.2, -0.15) is 0 Å². The quantitative estimate of drug-likeness (QED) is 0.667. The SMILES string of the molecule is CCc1ccc(CC(=O)N[C@H]2Cc3cccc(C(=O)O)c3OB2O)cc1CC. The highest BCUT2D eigenvalue weighted by Crippen LogP contribution is 2.30. The molecule has 1 aliphatic rings. The fourth-order valence-electron chi connectivity index (χ4n) is 3.62. The largest absolute Gasteiger partial charge is 0.547 e. The summed E-state index contributed by atoms with van der Waals surface area (Å²) in [6, 6.07) is 10.9. The van der Waals surface area contributed by atoms with Gasteiger partial charge in [0.2, 0.25) is 5.91 Å². The van der Waals surface area contributed by atoms with E-state index in [0.717, 1.165) is 18.4 Å². The van der Waals surface area contributed by atoms with Crippen molar-refractivity contribution in [2.75, 3.05) is 0 Å². The molecule has 6 nitrogen and oxygen atoms in total. The lowest BCUT2D eigenvalue weighted by atomic mass is 9.72. The molecule has 0 bridgehead atoms. The number of carboxylic acid groups (broad SMARTS) is 1. The van der Waals surface area contributed by atoms with Crippen LogP contribution in [0.5, 0.6) is 5.75 Å². The van der Waals surface area contributed by atoms with Gasteiger partial charge in [0.25, 0.3) is 0 Å². The molecule has 0 aromatic heterocycles. The molecule has 7 heteroatoms. The van der Waals surface area contributed by atoms with Crippen molar-refractivity contribution >= 4 is 19.0 Å². The number of rotatable bonds is 6. The van der Waals surface area contributed by atoms with Crippen molar-refractivity contribution < 1.29 is 24.4 Å². The summed E-state index contributed by atoms with van der Waals surface area (Å²) in [7, 11) is -1.30. The standard InChI is InChI=1S/C21H24BNO5/c1-3-14-9-8-13(10-15(14)4-2)11-19(24)23-18-12-16-6-5-7-17(21(25)26)20(16)28-22(18)27/h5-10,18,27H,3-4,11-12H2,1-2H3,(H,23,24)(H,25,26)/t18-/m0/s1. The van der Waals surface area contributed by atoms with Crippen molar-refractivity contribution in [2.45, 2.75) is 45.5 Å². The van der Waals surface area contributed by atoms with Gasteiger partial charge in [0.05, 0.1) is 17.9 Å². The average molecular weight is 381 g/mol. The zero-order chi connectivity index (χ0) is 20.3. The number of hydrogen-bond donors (Lipinski definition) is 3. The molecule has 2 aromatic carbocycles. The van der Waals surface area contributed by atoms with Crippen molar-refractivity contribution in [2.24, 2.45) is 0 Å². The summed E-state index contributed by atoms with van der Waals surface area (Å²) in [4.78, 5) is 23.8. The van der Waals surface area contributed by atoms with Crippen LogP contribution in [0.3, 0.4) is 0 Å². The second kappa shape index (κ2) is 8.48. The summed E-state index contributed by atoms with van der Waals surface area (Å²) in [6.45, 7) is 4.20. The zero-order valence-electron chi connectivity index (χ0n) is 16.1. The summed E-state index contributed by atoms with van der Waals surface area (Å²) in [5, 5.41) is 22.3. The summed E-state index contributed by atoms with van der Waals surface area (Å²) in [6.07, 6.45) is 2.39. The first-order valence-corrected chi connectivity index (χ1v) is 9.52. The average Bonchev–Trinajstić information content (AvgIpc) is 2.67. The Bertz CT molecular complexity index is 898. The van der Waals surface area contributed by atoms with E-state index in [1.807, 2.05) is 6.07 Å². The third kappa shape index (κ3) is 4.20. The molecule has 2 aromatic rings. The van der Waals surface area contributed by atoms with Crippen LogP contribution in [0.25, 0.3) is 0 Å². The summed E-state index contributed by atoms with van der Waals surface area (Å²) >= 11 is 0. The van der Waals surface area contributed by atoms with Crippen molar-refractivity contribution in [3.05, 3.63) is 64.2 Å². The van der Waals surface area contributed by atoms with E-state index >= 15 is 0 Å². The van der Waals surface area contributed by atoms with E-state index in [4.69, 9.17) is 4.65 Å². The predicted octanol–water partition coefficient (Wildman–Crippen LogP) is 2.19. The molecule has 1 amide bonds. The molecule has 0 saturated heterocycles. The number of aromatic carboxylic acids is 1. The zero-order valence-corrected chi connectivity index (χ0v) is 16.1. The predicted molar refractivity (Wildman–Crippen MR) is 107 cm³/mol. The molecule has 1 heterocycles. The minimum Gasteiger partial charge on any atom is -0.534 e. The number of aryl methyl sites for hydroxylation is 2. The van der Waals surface area contributed by atoms with Gasteiger partial charge < -0.3 is 20.1 Å². The van der Waals surface area contributed by atoms with Gasteiger partial charge in [0, 0.05) is 0 Å². The number of nitrogens with one attached hydrogen (secondary N) is 1. The molecule has 0 fully saturated rings. The van der Waals surface area contributed by atoms with Crippen LogP contribution in [0.1, 0.15) is 46.5 Å². The van der Waals surface area contributed by atoms with Crippen molar-refractivity contribution in [3.63, 3.8) is 0 Å². The minimum atomic E-state index is -1.30. The molecule has 3 rings (SSSR count). The van der Waals surface area contributed by atoms with Gasteiger partial charge in [0.1, 0.15) is 5.75 Å². The lowest BCUT2D eigenvalue weighted by Gasteiger charge is -2.29. The maximum atomic E-state index is 12.5. The number of fused-ring (bicyclic) bond motifs is 1. The number of carbonyl (C=O) groups excluding carboxylic acids is 1. The highest BCUT2D eigenvalue weighted by Gasteiger charge is 2.37. The van der Waals surface area contributed by atoms with Crippen LogP contribution in [0.2, 0.25) is 0 Å². The first-order chi connectivity index (χ1) is 13.4. The Hall–Kier alpha value is -2.80. The third-order valence-electron chi connectivity index (χ3n) is 5.09. The van der Waals surface area contributed by atoms with E-state index in [0.29, 0.717) is 12.0 Å². The number of amides is 1. The first kappa shape index (κ1) is 20.0. The monoisotopic (exact) mass is 381 g/mol. The number of carbonyl (C=O) groups is 2. The van der Waals surface area contributed by atoms with Crippen molar-refractivity contribution in [3.8, 4) is 5.75 Å². The van der Waals surface area contributed by atoms with Gasteiger partial charge >= 0.3 is 13.1 Å². The molecule has 1 atom stereocenters. The van der Waals surface area contributed by atoms with Gasteiger partial charge in [-0.05, 0) is 47.6 Å². The molecule has 146 valence electrons. The van der Waals surface area contributed by atoms with E-state index < -0.39 is 19.0 Å². The van der Waals surface area contributed by atoms with Crippen LogP contribution >= 0.6 is 0 Å². The minimum absolute atomic E-state index is 0.00411. The molecule has 0 saturated carbocycles. The van der Waals surface area contributed by atoms with Crippen molar-refractivity contribution in [1.82, 2.24) is 5.32 Å². The molecule has 0 radical (unpaired) electrons. The Morgan fingerprint density at radius 1 is 1.18 bits per heavy atom. The van der Waals surface area contributed by atoms with Crippen LogP contribution < -0.4 is 9.97 Å². The smallest absolute Gasteiger partial charge is 0.534 e. The normalized spacial score (nSPS) is 15.5. The lowest BCUT2D eigenvalue weighted by Crippen LogP contribution is -2.53. The van der Waals surface area contributed by atoms with Crippen molar-refractivity contribution in [1.29, 1.82) is 0 Å². The van der Waals surface area contributed by atoms with E-state index in [9.17, 15) is 19.7 Å². The van der Waals surface area contributed by atoms with E-state index in [2.05, 4.69) is 31.3 Å². The van der Waals surface area contributed by atoms with Gasteiger partial charge in [-0.25, -0.2) is 4.79 Å². The van der Waals surface area contributed by atoms with Crippen LogP contribution in [-0.2, 0) is 30.5 Å². The summed E-state index contributed by atoms with van der Waals surface area (Å²) in [5.41, 5.74) is 4.10. The van der Waals surface area contributed by atoms with Gasteiger partial charge in [-0.1, -0.05) is 44.2 Å². The molecule has 28 heavy (non-hydrogen) atoms. The maximum Gasteiger partial charge on any atom is 0.547 e. The Labute approximate surface area is 164 Å². The highest BCUT2D eigenvalue weighted by molar-refractivity contribution is 6.47. The number of benzene rings is 2. The molecule has 0 unspecified atom stereocenters. The molecule has 0 spiro atoms. The van der Waals surface area contributed by atoms with Gasteiger partial charge in [-0.15, -0.1) is 0 Å². The van der Waals surface area contributed by atoms with Crippen LogP contribution in [-0.4, -0.2) is 35.1 Å². The maximum absolute atomic E-state index is 12.5. The van der Waals surface area contributed by atoms with Crippen LogP contribution in [0.4, 0.5) is 0 Å². The summed E-state index contributed by atoms with van der Waals surface area (Å²) < 4.78 is 5.41. The highest BCUT2D eigenvalue weighted by atomic mass is 16.5. The van der Waals surface area contributed by atoms with Gasteiger partial charge in [0.15, 0.2) is 0 Å². The Morgan fingerprint density at radius 3 is 2.61 bits per heavy atom. The van der Waals surface area contributed by atoms with Crippen LogP contribution in [0, 0.1) is 0 Å². The van der Waals surface area contributed by atoms with Gasteiger partial charge in [-0.3, -0.25) is 4.79 Å². The first-order valence-electron chi connectivity index (χ1n) is 9.52. The Balaban J connectivity index is 1.70. The molecular formula is C21H24BNO5. The molecule has 0 aliphatic carbocycles. The molecule has 3 N–H and O–H groups in total. The van der Waals surface area contributed by atoms with E-state index in [1.54, 1.807) is 12.1 Å². The van der Waals surface area contributed by atoms with Crippen LogP contribution in [0.15, 0.2) is 36.4 Å². The number of para-hydroxylation sites is 1. The number of carboxylic acids is 1. The molecular weight excluding hydrogens is 357 g/mol. The lowest BCUT2D eigenvalue weighted by molar-refractivity contribution is -0.120. The fraction of sp³-hybridized carbons (Fsp3) is 0.333. The summed E-state index contributed by atoms with van der Waals surface area (Å²) in [5.74, 6) is -1.80. The topological polar surface area (TPSA) is 95.9 Å². The number of hydrogen-bond acceptors (Lipinski definition) is 4. The Kier molecular flexibility index (Phi) is 6.04. The van der Waals surface area contributed by atoms with E-state index in [-0.39, 0.29) is 23.6 Å². The van der Waals surface area contributed by atoms with E-state index in [1.165, 1.54) is 17.2 Å². The molecule has 1 aliphatic heterocycles. The fourth-order valence-corrected chi connectivity index (χ4v) is 3.62. The Morgan fingerprint density at radius 2 is 1.93 bits per heavy atom. The third-order valence-corrected chi connectivity index (χ3v) is 5.09.